The van der Waals surface area contributed by atoms with Crippen LogP contribution in [0.1, 0.15) is 17.5 Å². The molecule has 2 aromatic carbocycles. The van der Waals surface area contributed by atoms with Crippen LogP contribution >= 0.6 is 0 Å². The second kappa shape index (κ2) is 7.19. The minimum atomic E-state index is -1.65. The maximum Gasteiger partial charge on any atom is 0.229 e. The summed E-state index contributed by atoms with van der Waals surface area (Å²) in [7, 11) is 0. The van der Waals surface area contributed by atoms with Gasteiger partial charge >= 0.3 is 0 Å². The van der Waals surface area contributed by atoms with Gasteiger partial charge in [0.1, 0.15) is 0 Å². The third-order valence-electron chi connectivity index (χ3n) is 4.37. The fourth-order valence-corrected chi connectivity index (χ4v) is 2.87. The van der Waals surface area contributed by atoms with E-state index in [1.807, 2.05) is 31.2 Å². The molecular weight excluding hydrogens is 345 g/mol. The van der Waals surface area contributed by atoms with E-state index in [9.17, 15) is 22.8 Å². The molecule has 1 saturated heterocycles. The Hall–Kier alpha value is -2.83. The maximum atomic E-state index is 13.7. The third kappa shape index (κ3) is 3.71. The summed E-state index contributed by atoms with van der Waals surface area (Å²) < 4.78 is 39.9. The van der Waals surface area contributed by atoms with Crippen molar-refractivity contribution in [3.05, 3.63) is 65.0 Å². The van der Waals surface area contributed by atoms with Gasteiger partial charge in [0.25, 0.3) is 0 Å². The number of hydrogen-bond donors (Lipinski definition) is 1. The molecule has 1 atom stereocenters. The average molecular weight is 362 g/mol. The summed E-state index contributed by atoms with van der Waals surface area (Å²) >= 11 is 0. The summed E-state index contributed by atoms with van der Waals surface area (Å²) in [5.74, 6) is -5.90. The van der Waals surface area contributed by atoms with Gasteiger partial charge in [-0.3, -0.25) is 9.59 Å². The molecule has 4 nitrogen and oxygen atoms in total. The molecule has 1 heterocycles. The van der Waals surface area contributed by atoms with E-state index < -0.39 is 35.0 Å². The number of benzene rings is 2. The minimum absolute atomic E-state index is 0.0109. The van der Waals surface area contributed by atoms with Crippen LogP contribution in [0, 0.1) is 30.3 Å². The lowest BCUT2D eigenvalue weighted by molar-refractivity contribution is -0.128. The number of rotatable bonds is 4. The van der Waals surface area contributed by atoms with Crippen LogP contribution in [0.15, 0.2) is 36.4 Å². The topological polar surface area (TPSA) is 49.4 Å². The van der Waals surface area contributed by atoms with Gasteiger partial charge in [-0.15, -0.1) is 0 Å². The largest absolute Gasteiger partial charge is 0.338 e. The van der Waals surface area contributed by atoms with Gasteiger partial charge in [-0.25, -0.2) is 13.2 Å². The Morgan fingerprint density at radius 1 is 1.12 bits per heavy atom. The summed E-state index contributed by atoms with van der Waals surface area (Å²) in [6.45, 7) is 2.52. The van der Waals surface area contributed by atoms with Crippen molar-refractivity contribution in [1.82, 2.24) is 4.90 Å². The van der Waals surface area contributed by atoms with Gasteiger partial charge < -0.3 is 10.2 Å². The van der Waals surface area contributed by atoms with Gasteiger partial charge in [0.15, 0.2) is 17.5 Å². The van der Waals surface area contributed by atoms with Crippen LogP contribution in [0.2, 0.25) is 0 Å². The van der Waals surface area contributed by atoms with Crippen LogP contribution in [-0.4, -0.2) is 23.3 Å². The zero-order valence-corrected chi connectivity index (χ0v) is 14.1. The molecule has 3 rings (SSSR count). The molecule has 2 amide bonds. The number of nitrogens with one attached hydrogen (secondary N) is 1. The van der Waals surface area contributed by atoms with Gasteiger partial charge in [0.2, 0.25) is 11.8 Å². The van der Waals surface area contributed by atoms with Crippen LogP contribution in [0.3, 0.4) is 0 Å². The second-order valence-electron chi connectivity index (χ2n) is 6.37. The molecule has 0 aliphatic carbocycles. The Kier molecular flexibility index (Phi) is 4.97. The maximum absolute atomic E-state index is 13.7. The molecule has 1 aliphatic rings. The van der Waals surface area contributed by atoms with Crippen molar-refractivity contribution in [2.45, 2.75) is 19.9 Å². The first-order valence-corrected chi connectivity index (χ1v) is 8.13. The Balaban J connectivity index is 1.65. The number of nitrogens with zero attached hydrogens (tertiary/aromatic N) is 1. The highest BCUT2D eigenvalue weighted by Crippen LogP contribution is 2.24. The number of hydrogen-bond acceptors (Lipinski definition) is 2. The fourth-order valence-electron chi connectivity index (χ4n) is 2.87. The highest BCUT2D eigenvalue weighted by Gasteiger charge is 2.34. The summed E-state index contributed by atoms with van der Waals surface area (Å²) in [5.41, 5.74) is 1.60. The van der Waals surface area contributed by atoms with E-state index in [0.717, 1.165) is 23.3 Å². The Labute approximate surface area is 148 Å². The van der Waals surface area contributed by atoms with Crippen LogP contribution in [0.25, 0.3) is 0 Å². The first-order chi connectivity index (χ1) is 12.3. The predicted molar refractivity (Wildman–Crippen MR) is 89.6 cm³/mol. The molecule has 1 unspecified atom stereocenters. The molecule has 0 saturated carbocycles. The van der Waals surface area contributed by atoms with E-state index in [1.165, 1.54) is 0 Å². The highest BCUT2D eigenvalue weighted by atomic mass is 19.2. The van der Waals surface area contributed by atoms with Crippen LogP contribution < -0.4 is 5.32 Å². The summed E-state index contributed by atoms with van der Waals surface area (Å²) in [5, 5.41) is 2.23. The van der Waals surface area contributed by atoms with E-state index in [0.29, 0.717) is 6.54 Å². The molecular formula is C19H17F3N2O2. The van der Waals surface area contributed by atoms with Crippen molar-refractivity contribution in [3.63, 3.8) is 0 Å². The first kappa shape index (κ1) is 18.0. The third-order valence-corrected chi connectivity index (χ3v) is 4.37. The van der Waals surface area contributed by atoms with Crippen molar-refractivity contribution in [2.24, 2.45) is 5.92 Å². The standard InChI is InChI=1S/C19H17F3N2O2/c1-11-2-4-12(5-3-11)9-24-10-13(8-16(24)25)19(26)23-15-7-6-14(20)17(21)18(15)22/h2-7,13H,8-10H2,1H3,(H,23,26). The predicted octanol–water partition coefficient (Wildman–Crippen LogP) is 3.40. The van der Waals surface area contributed by atoms with Crippen molar-refractivity contribution in [3.8, 4) is 0 Å². The molecule has 1 N–H and O–H groups in total. The van der Waals surface area contributed by atoms with Crippen molar-refractivity contribution >= 4 is 17.5 Å². The molecule has 0 aromatic heterocycles. The molecule has 0 radical (unpaired) electrons. The second-order valence-corrected chi connectivity index (χ2v) is 6.37. The number of halogens is 3. The molecule has 2 aromatic rings. The van der Waals surface area contributed by atoms with E-state index >= 15 is 0 Å². The monoisotopic (exact) mass is 362 g/mol. The minimum Gasteiger partial charge on any atom is -0.338 e. The molecule has 136 valence electrons. The van der Waals surface area contributed by atoms with Crippen molar-refractivity contribution in [2.75, 3.05) is 11.9 Å². The van der Waals surface area contributed by atoms with Gasteiger partial charge in [-0.1, -0.05) is 29.8 Å². The van der Waals surface area contributed by atoms with Crippen LogP contribution in [-0.2, 0) is 16.1 Å². The Morgan fingerprint density at radius 2 is 1.81 bits per heavy atom. The van der Waals surface area contributed by atoms with E-state index in [4.69, 9.17) is 0 Å². The van der Waals surface area contributed by atoms with Crippen molar-refractivity contribution in [1.29, 1.82) is 0 Å². The van der Waals surface area contributed by atoms with Gasteiger partial charge in [-0.2, -0.15) is 0 Å². The lowest BCUT2D eigenvalue weighted by Gasteiger charge is -2.17. The normalized spacial score (nSPS) is 16.8. The lowest BCUT2D eigenvalue weighted by Crippen LogP contribution is -2.28. The molecule has 1 aliphatic heterocycles. The number of anilines is 1. The Morgan fingerprint density at radius 3 is 2.50 bits per heavy atom. The van der Waals surface area contributed by atoms with Crippen LogP contribution in [0.5, 0.6) is 0 Å². The molecule has 26 heavy (non-hydrogen) atoms. The molecule has 1 fully saturated rings. The van der Waals surface area contributed by atoms with Gasteiger partial charge in [0, 0.05) is 19.5 Å². The zero-order chi connectivity index (χ0) is 18.8. The number of aryl methyl sites for hydroxylation is 1. The summed E-state index contributed by atoms with van der Waals surface area (Å²) in [6, 6.07) is 9.38. The molecule has 0 spiro atoms. The summed E-state index contributed by atoms with van der Waals surface area (Å²) in [4.78, 5) is 26.0. The number of likely N-dealkylation sites (tertiary alicyclic amines) is 1. The van der Waals surface area contributed by atoms with Gasteiger partial charge in [0.05, 0.1) is 11.6 Å². The number of amides is 2. The van der Waals surface area contributed by atoms with E-state index in [-0.39, 0.29) is 18.9 Å². The van der Waals surface area contributed by atoms with E-state index in [1.54, 1.807) is 4.90 Å². The summed E-state index contributed by atoms with van der Waals surface area (Å²) in [6.07, 6.45) is -0.0109. The fraction of sp³-hybridized carbons (Fsp3) is 0.263. The first-order valence-electron chi connectivity index (χ1n) is 8.13. The Bertz CT molecular complexity index is 853. The van der Waals surface area contributed by atoms with Crippen molar-refractivity contribution < 1.29 is 22.8 Å². The highest BCUT2D eigenvalue weighted by molar-refractivity contribution is 5.97. The van der Waals surface area contributed by atoms with Crippen LogP contribution in [0.4, 0.5) is 18.9 Å². The number of carbonyl (C=O) groups is 2. The molecule has 0 bridgehead atoms. The molecule has 7 heteroatoms. The average Bonchev–Trinajstić information content (AvgIpc) is 2.98. The SMILES string of the molecule is Cc1ccc(CN2CC(C(=O)Nc3ccc(F)c(F)c3F)CC2=O)cc1. The van der Waals surface area contributed by atoms with E-state index in [2.05, 4.69) is 5.32 Å². The quantitative estimate of drug-likeness (QED) is 0.848. The smallest absolute Gasteiger partial charge is 0.229 e. The van der Waals surface area contributed by atoms with Gasteiger partial charge in [-0.05, 0) is 24.6 Å². The number of carbonyl (C=O) groups excluding carboxylic acids is 2. The lowest BCUT2D eigenvalue weighted by atomic mass is 10.1. The zero-order valence-electron chi connectivity index (χ0n) is 14.1.